The van der Waals surface area contributed by atoms with Crippen LogP contribution < -0.4 is 0 Å². The molecule has 124 valence electrons. The van der Waals surface area contributed by atoms with E-state index in [1.807, 2.05) is 55.7 Å². The first-order chi connectivity index (χ1) is 11.0. The number of carbonyl (C=O) groups is 1. The van der Waals surface area contributed by atoms with Crippen molar-refractivity contribution in [3.8, 4) is 0 Å². The van der Waals surface area contributed by atoms with Gasteiger partial charge in [0.2, 0.25) is 5.91 Å². The number of aryl methyl sites for hydroxylation is 3. The van der Waals surface area contributed by atoms with Gasteiger partial charge >= 0.3 is 0 Å². The van der Waals surface area contributed by atoms with Gasteiger partial charge in [-0.3, -0.25) is 9.48 Å². The molecule has 0 aliphatic carbocycles. The summed E-state index contributed by atoms with van der Waals surface area (Å²) in [7, 11) is 0. The van der Waals surface area contributed by atoms with Gasteiger partial charge in [0.1, 0.15) is 11.5 Å². The molecule has 3 heterocycles. The maximum atomic E-state index is 13.0. The van der Waals surface area contributed by atoms with Crippen molar-refractivity contribution in [2.45, 2.75) is 59.0 Å². The standard InChI is InChI=1S/C18H25N3O2/c1-12-9-19-20(10-12)11-16-6-5-7-21(16)18(22)14(3)17-8-13(2)23-15(17)4/h8-10,14,16H,5-7,11H2,1-4H3/t14-,16+/m0/s1. The van der Waals surface area contributed by atoms with Crippen LogP contribution in [0.25, 0.3) is 0 Å². The Hall–Kier alpha value is -2.04. The SMILES string of the molecule is Cc1cnn(C[C@H]2CCCN2C(=O)[C@@H](C)c2cc(C)oc2C)c1. The normalized spacial score (nSPS) is 19.3. The monoisotopic (exact) mass is 315 g/mol. The van der Waals surface area contributed by atoms with Gasteiger partial charge in [-0.1, -0.05) is 0 Å². The van der Waals surface area contributed by atoms with Crippen LogP contribution in [0.15, 0.2) is 22.9 Å². The fraction of sp³-hybridized carbons (Fsp3) is 0.556. The Balaban J connectivity index is 1.73. The van der Waals surface area contributed by atoms with Gasteiger partial charge < -0.3 is 9.32 Å². The largest absolute Gasteiger partial charge is 0.466 e. The van der Waals surface area contributed by atoms with Crippen molar-refractivity contribution in [3.05, 3.63) is 41.1 Å². The molecule has 1 aliphatic rings. The minimum Gasteiger partial charge on any atom is -0.466 e. The number of nitrogens with zero attached hydrogens (tertiary/aromatic N) is 3. The fourth-order valence-electron chi connectivity index (χ4n) is 3.56. The lowest BCUT2D eigenvalue weighted by molar-refractivity contribution is -0.133. The molecule has 5 heteroatoms. The molecular weight excluding hydrogens is 290 g/mol. The van der Waals surface area contributed by atoms with E-state index in [9.17, 15) is 4.79 Å². The van der Waals surface area contributed by atoms with E-state index in [1.165, 1.54) is 0 Å². The molecule has 0 aromatic carbocycles. The minimum absolute atomic E-state index is 0.160. The third-order valence-electron chi connectivity index (χ3n) is 4.74. The van der Waals surface area contributed by atoms with Crippen molar-refractivity contribution in [1.82, 2.24) is 14.7 Å². The van der Waals surface area contributed by atoms with Gasteiger partial charge in [-0.25, -0.2) is 0 Å². The summed E-state index contributed by atoms with van der Waals surface area (Å²) in [6.45, 7) is 9.48. The number of hydrogen-bond donors (Lipinski definition) is 0. The Kier molecular flexibility index (Phi) is 4.28. The molecular formula is C18H25N3O2. The van der Waals surface area contributed by atoms with Crippen LogP contribution in [0, 0.1) is 20.8 Å². The third-order valence-corrected chi connectivity index (χ3v) is 4.74. The number of likely N-dealkylation sites (tertiary alicyclic amines) is 1. The van der Waals surface area contributed by atoms with Crippen molar-refractivity contribution < 1.29 is 9.21 Å². The molecule has 5 nitrogen and oxygen atoms in total. The van der Waals surface area contributed by atoms with E-state index in [1.54, 1.807) is 0 Å². The molecule has 2 atom stereocenters. The minimum atomic E-state index is -0.160. The highest BCUT2D eigenvalue weighted by molar-refractivity contribution is 5.84. The van der Waals surface area contributed by atoms with Crippen molar-refractivity contribution in [2.75, 3.05) is 6.54 Å². The maximum absolute atomic E-state index is 13.0. The van der Waals surface area contributed by atoms with E-state index in [-0.39, 0.29) is 17.9 Å². The maximum Gasteiger partial charge on any atom is 0.230 e. The summed E-state index contributed by atoms with van der Waals surface area (Å²) in [6, 6.07) is 2.22. The van der Waals surface area contributed by atoms with Gasteiger partial charge in [-0.05, 0) is 52.2 Å². The van der Waals surface area contributed by atoms with Crippen LogP contribution in [0.5, 0.6) is 0 Å². The van der Waals surface area contributed by atoms with Gasteiger partial charge in [0, 0.05) is 18.3 Å². The number of amides is 1. The predicted octanol–water partition coefficient (Wildman–Crippen LogP) is 3.20. The highest BCUT2D eigenvalue weighted by Crippen LogP contribution is 2.28. The van der Waals surface area contributed by atoms with E-state index < -0.39 is 0 Å². The topological polar surface area (TPSA) is 51.3 Å². The average molecular weight is 315 g/mol. The molecule has 23 heavy (non-hydrogen) atoms. The Bertz CT molecular complexity index is 701. The van der Waals surface area contributed by atoms with Gasteiger partial charge in [0.05, 0.1) is 24.7 Å². The smallest absolute Gasteiger partial charge is 0.230 e. The quantitative estimate of drug-likeness (QED) is 0.870. The van der Waals surface area contributed by atoms with Crippen LogP contribution in [0.2, 0.25) is 0 Å². The molecule has 3 rings (SSSR count). The zero-order valence-electron chi connectivity index (χ0n) is 14.4. The van der Waals surface area contributed by atoms with E-state index >= 15 is 0 Å². The molecule has 1 fully saturated rings. The molecule has 0 saturated carbocycles. The second kappa shape index (κ2) is 6.22. The van der Waals surface area contributed by atoms with Gasteiger partial charge in [0.15, 0.2) is 0 Å². The first-order valence-electron chi connectivity index (χ1n) is 8.32. The van der Waals surface area contributed by atoms with Crippen molar-refractivity contribution >= 4 is 5.91 Å². The summed E-state index contributed by atoms with van der Waals surface area (Å²) < 4.78 is 7.54. The number of hydrogen-bond acceptors (Lipinski definition) is 3. The van der Waals surface area contributed by atoms with Crippen LogP contribution in [-0.4, -0.2) is 33.2 Å². The second-order valence-corrected chi connectivity index (χ2v) is 6.66. The van der Waals surface area contributed by atoms with Gasteiger partial charge in [-0.2, -0.15) is 5.10 Å². The summed E-state index contributed by atoms with van der Waals surface area (Å²) in [5.41, 5.74) is 2.16. The lowest BCUT2D eigenvalue weighted by Gasteiger charge is -2.27. The summed E-state index contributed by atoms with van der Waals surface area (Å²) in [6.07, 6.45) is 6.00. The second-order valence-electron chi connectivity index (χ2n) is 6.66. The molecule has 0 unspecified atom stereocenters. The highest BCUT2D eigenvalue weighted by Gasteiger charge is 2.33. The molecule has 0 radical (unpaired) electrons. The Morgan fingerprint density at radius 1 is 1.43 bits per heavy atom. The molecule has 2 aromatic rings. The van der Waals surface area contributed by atoms with Crippen molar-refractivity contribution in [1.29, 1.82) is 0 Å². The molecule has 2 aromatic heterocycles. The fourth-order valence-corrected chi connectivity index (χ4v) is 3.56. The van der Waals surface area contributed by atoms with Gasteiger partial charge in [-0.15, -0.1) is 0 Å². The van der Waals surface area contributed by atoms with Crippen LogP contribution >= 0.6 is 0 Å². The lowest BCUT2D eigenvalue weighted by Crippen LogP contribution is -2.40. The molecule has 0 bridgehead atoms. The summed E-state index contributed by atoms with van der Waals surface area (Å²) in [5, 5.41) is 4.36. The van der Waals surface area contributed by atoms with Crippen molar-refractivity contribution in [3.63, 3.8) is 0 Å². The highest BCUT2D eigenvalue weighted by atomic mass is 16.3. The predicted molar refractivity (Wildman–Crippen MR) is 88.3 cm³/mol. The van der Waals surface area contributed by atoms with Crippen LogP contribution in [-0.2, 0) is 11.3 Å². The molecule has 0 N–H and O–H groups in total. The summed E-state index contributed by atoms with van der Waals surface area (Å²) in [4.78, 5) is 15.0. The van der Waals surface area contributed by atoms with Crippen LogP contribution in [0.1, 0.15) is 48.3 Å². The average Bonchev–Trinajstić information content (AvgIpc) is 3.19. The van der Waals surface area contributed by atoms with Crippen LogP contribution in [0.3, 0.4) is 0 Å². The summed E-state index contributed by atoms with van der Waals surface area (Å²) in [5.74, 6) is 1.75. The first kappa shape index (κ1) is 15.8. The van der Waals surface area contributed by atoms with E-state index in [0.29, 0.717) is 0 Å². The molecule has 0 spiro atoms. The number of furan rings is 1. The Labute approximate surface area is 137 Å². The van der Waals surface area contributed by atoms with Crippen molar-refractivity contribution in [2.24, 2.45) is 0 Å². The van der Waals surface area contributed by atoms with Crippen LogP contribution in [0.4, 0.5) is 0 Å². The zero-order chi connectivity index (χ0) is 16.6. The van der Waals surface area contributed by atoms with Gasteiger partial charge in [0.25, 0.3) is 0 Å². The lowest BCUT2D eigenvalue weighted by atomic mass is 9.99. The van der Waals surface area contributed by atoms with E-state index in [2.05, 4.69) is 5.10 Å². The first-order valence-corrected chi connectivity index (χ1v) is 8.32. The number of aromatic nitrogens is 2. The van der Waals surface area contributed by atoms with E-state index in [4.69, 9.17) is 4.42 Å². The number of rotatable bonds is 4. The summed E-state index contributed by atoms with van der Waals surface area (Å²) >= 11 is 0. The molecule has 1 saturated heterocycles. The molecule has 1 aliphatic heterocycles. The zero-order valence-corrected chi connectivity index (χ0v) is 14.4. The Morgan fingerprint density at radius 3 is 2.83 bits per heavy atom. The number of carbonyl (C=O) groups excluding carboxylic acids is 1. The third kappa shape index (κ3) is 3.19. The Morgan fingerprint density at radius 2 is 2.22 bits per heavy atom. The molecule has 1 amide bonds. The van der Waals surface area contributed by atoms with E-state index in [0.717, 1.165) is 48.6 Å².